The van der Waals surface area contributed by atoms with E-state index in [1.54, 1.807) is 23.1 Å². The number of thiophene rings is 1. The van der Waals surface area contributed by atoms with Crippen molar-refractivity contribution in [3.05, 3.63) is 69.6 Å². The Hall–Kier alpha value is -7.47. The Morgan fingerprint density at radius 2 is 1.65 bits per heavy atom. The van der Waals surface area contributed by atoms with Crippen LogP contribution in [0.3, 0.4) is 0 Å². The number of likely N-dealkylation sites (tertiary alicyclic amines) is 1. The molecule has 3 aromatic rings. The molecule has 0 radical (unpaired) electrons. The van der Waals surface area contributed by atoms with Crippen molar-refractivity contribution in [1.82, 2.24) is 40.9 Å². The Kier molecular flexibility index (Phi) is 19.0. The van der Waals surface area contributed by atoms with Crippen molar-refractivity contribution in [3.8, 4) is 11.8 Å². The third kappa shape index (κ3) is 13.9. The first-order valence-electron chi connectivity index (χ1n) is 28.5. The summed E-state index contributed by atoms with van der Waals surface area (Å²) in [6.45, 7) is 0.276. The quantitative estimate of drug-likeness (QED) is 0.0463. The Bertz CT molecular complexity index is 3330. The Morgan fingerprint density at radius 1 is 0.930 bits per heavy atom. The molecule has 3 unspecified atom stereocenters. The van der Waals surface area contributed by atoms with Gasteiger partial charge in [0.05, 0.1) is 18.5 Å². The number of nitrogens with zero attached hydrogens (tertiary/aromatic N) is 4. The van der Waals surface area contributed by atoms with E-state index in [4.69, 9.17) is 10.5 Å². The lowest BCUT2D eigenvalue weighted by Crippen LogP contribution is -2.62. The predicted molar refractivity (Wildman–Crippen MR) is 298 cm³/mol. The molecule has 462 valence electrons. The lowest BCUT2D eigenvalue weighted by atomic mass is 9.81. The van der Waals surface area contributed by atoms with Gasteiger partial charge in [-0.2, -0.15) is 8.78 Å². The summed E-state index contributed by atoms with van der Waals surface area (Å²) in [7, 11) is -4.81. The Morgan fingerprint density at radius 3 is 2.34 bits per heavy atom. The summed E-state index contributed by atoms with van der Waals surface area (Å²) < 4.78 is 75.3. The first-order chi connectivity index (χ1) is 40.7. The van der Waals surface area contributed by atoms with Gasteiger partial charge in [0.25, 0.3) is 11.8 Å². The van der Waals surface area contributed by atoms with Gasteiger partial charge in [-0.05, 0) is 117 Å². The molecule has 86 heavy (non-hydrogen) atoms. The number of hydrogen-bond acceptors (Lipinski definition) is 13. The molecule has 1 aromatic heterocycles. The summed E-state index contributed by atoms with van der Waals surface area (Å²) >= 11 is 0.817. The van der Waals surface area contributed by atoms with Crippen LogP contribution in [0.15, 0.2) is 42.5 Å². The number of fused-ring (bicyclic) bond motifs is 3. The highest BCUT2D eigenvalue weighted by Gasteiger charge is 2.51. The molecule has 9 rings (SSSR count). The molecule has 29 heteroatoms. The highest BCUT2D eigenvalue weighted by atomic mass is 32.1. The molecule has 1 aliphatic carbocycles. The van der Waals surface area contributed by atoms with E-state index in [1.807, 2.05) is 0 Å². The van der Waals surface area contributed by atoms with Gasteiger partial charge < -0.3 is 55.8 Å². The van der Waals surface area contributed by atoms with Gasteiger partial charge >= 0.3 is 19.4 Å². The second kappa shape index (κ2) is 25.9. The number of alkyl halides is 4. The number of hydrogen-bond donors (Lipinski definition) is 7. The zero-order valence-electron chi connectivity index (χ0n) is 46.8. The standard InChI is InChI=1S/C57H66F4N9O14PS/c1-84-55(80)68-26-21-36-10-12-42(70(36)53(78)40(30-68)64-51(76)44-28-34-27-35(9-14-43(34)86-44)57(60,61)85(81,82)83)50(75)63-39(11-15-45(62)71)48(73)66-47(33-17-22-56(58,59)23-18-33)54(79)67-24-19-31(20-25-67)5-2-3-6-32-7-4-8-37-38(32)29-69(52(37)77)41-13-16-46(72)65-49(41)74/h4,7-9,14,27-28,31,33,36,39-42,47H,2,5,10-13,15-26,29-30H2,1H3,(H2,62,71)(H,63,75)(H,64,76)(H,66,73)(H,65,72,74)(H2,81,82,83)/t36-,39?,40+,41?,42+,47?/m1/s1. The van der Waals surface area contributed by atoms with E-state index in [0.29, 0.717) is 42.4 Å². The van der Waals surface area contributed by atoms with E-state index < -0.39 is 140 Å². The molecule has 2 aromatic carbocycles. The number of nitrogens with two attached hydrogens (primary N) is 1. The van der Waals surface area contributed by atoms with Crippen LogP contribution in [0, 0.1) is 23.7 Å². The molecule has 6 heterocycles. The van der Waals surface area contributed by atoms with E-state index in [1.165, 1.54) is 20.8 Å². The monoisotopic (exact) mass is 1240 g/mol. The number of ether oxygens (including phenoxy) is 1. The van der Waals surface area contributed by atoms with Gasteiger partial charge in [0.2, 0.25) is 47.3 Å². The van der Waals surface area contributed by atoms with E-state index in [2.05, 4.69) is 33.1 Å². The summed E-state index contributed by atoms with van der Waals surface area (Å²) in [6, 6.07) is 2.04. The zero-order valence-corrected chi connectivity index (χ0v) is 48.5. The minimum atomic E-state index is -5.93. The molecular formula is C57H66F4N9O14PS. The molecule has 5 fully saturated rings. The minimum absolute atomic E-state index is 0.00191. The molecule has 4 saturated heterocycles. The van der Waals surface area contributed by atoms with Crippen LogP contribution in [0.4, 0.5) is 22.4 Å². The second-order valence-electron chi connectivity index (χ2n) is 22.8. The van der Waals surface area contributed by atoms with Crippen molar-refractivity contribution < 1.29 is 84.6 Å². The SMILES string of the molecule is COC(=O)N1CC[C@H]2CC[C@@H](C(=O)NC(CCC(N)=O)C(=O)NC(C(=O)N3CCC(CCC#Cc4cccc5c4CN(C4CCC(=O)NC4=O)C5=O)CC3)C3CCC(F)(F)CC3)N2C(=O)[C@@H](NC(=O)c2cc3cc(C(F)(F)P(=O)(O)O)ccc3s2)C1. The van der Waals surface area contributed by atoms with Gasteiger partial charge in [0.15, 0.2) is 0 Å². The van der Waals surface area contributed by atoms with Crippen LogP contribution in [0.1, 0.15) is 133 Å². The predicted octanol–water partition coefficient (Wildman–Crippen LogP) is 3.95. The largest absolute Gasteiger partial charge is 0.453 e. The smallest absolute Gasteiger partial charge is 0.409 e. The van der Waals surface area contributed by atoms with Crippen molar-refractivity contribution in [2.24, 2.45) is 17.6 Å². The number of nitrogens with one attached hydrogen (secondary N) is 4. The number of carbonyl (C=O) groups is 10. The fourth-order valence-corrected chi connectivity index (χ4v) is 13.8. The normalized spacial score (nSPS) is 22.8. The molecule has 0 spiro atoms. The van der Waals surface area contributed by atoms with E-state index in [-0.39, 0.29) is 110 Å². The molecule has 1 saturated carbocycles. The summed E-state index contributed by atoms with van der Waals surface area (Å²) in [5.41, 5.74) is 1.77. The Balaban J connectivity index is 0.858. The van der Waals surface area contributed by atoms with Gasteiger partial charge in [-0.25, -0.2) is 13.6 Å². The molecule has 0 bridgehead atoms. The van der Waals surface area contributed by atoms with Gasteiger partial charge in [-0.1, -0.05) is 24.0 Å². The third-order valence-corrected chi connectivity index (χ3v) is 19.3. The number of halogens is 4. The summed E-state index contributed by atoms with van der Waals surface area (Å²) in [6.07, 6.45) is 0.124. The second-order valence-corrected chi connectivity index (χ2v) is 25.5. The Labute approximate surface area is 494 Å². The van der Waals surface area contributed by atoms with Gasteiger partial charge in [-0.3, -0.25) is 53.0 Å². The third-order valence-electron chi connectivity index (χ3n) is 17.2. The van der Waals surface area contributed by atoms with Crippen LogP contribution < -0.4 is 27.0 Å². The lowest BCUT2D eigenvalue weighted by Gasteiger charge is -2.39. The topological polar surface area (TPSA) is 325 Å². The number of primary amides is 1. The number of imide groups is 1. The lowest BCUT2D eigenvalue weighted by molar-refractivity contribution is -0.144. The van der Waals surface area contributed by atoms with Crippen molar-refractivity contribution in [2.75, 3.05) is 33.3 Å². The van der Waals surface area contributed by atoms with Gasteiger partial charge in [0.1, 0.15) is 30.2 Å². The van der Waals surface area contributed by atoms with Crippen molar-refractivity contribution >= 4 is 88.3 Å². The maximum absolute atomic E-state index is 14.7. The van der Waals surface area contributed by atoms with Crippen LogP contribution in [0.5, 0.6) is 0 Å². The highest BCUT2D eigenvalue weighted by Crippen LogP contribution is 2.59. The first kappa shape index (κ1) is 63.0. The fraction of sp³-hybridized carbons (Fsp3) is 0.544. The number of methoxy groups -OCH3 is 1. The molecular weight excluding hydrogens is 1170 g/mol. The first-order valence-corrected chi connectivity index (χ1v) is 30.9. The van der Waals surface area contributed by atoms with Crippen LogP contribution >= 0.6 is 18.9 Å². The molecule has 23 nitrogen and oxygen atoms in total. The van der Waals surface area contributed by atoms with Crippen LogP contribution in [0.2, 0.25) is 0 Å². The van der Waals surface area contributed by atoms with E-state index in [0.717, 1.165) is 36.6 Å². The molecule has 10 amide bonds. The van der Waals surface area contributed by atoms with Crippen LogP contribution in [-0.4, -0.2) is 164 Å². The van der Waals surface area contributed by atoms with E-state index >= 15 is 0 Å². The summed E-state index contributed by atoms with van der Waals surface area (Å²) in [5.74, 6) is -3.21. The van der Waals surface area contributed by atoms with Crippen LogP contribution in [0.25, 0.3) is 10.1 Å². The van der Waals surface area contributed by atoms with Crippen molar-refractivity contribution in [3.63, 3.8) is 0 Å². The minimum Gasteiger partial charge on any atom is -0.453 e. The number of amides is 10. The van der Waals surface area contributed by atoms with E-state index in [9.17, 15) is 79.9 Å². The number of carbonyl (C=O) groups excluding carboxylic acids is 10. The number of piperidine rings is 2. The summed E-state index contributed by atoms with van der Waals surface area (Å²) in [4.78, 5) is 159. The van der Waals surface area contributed by atoms with Gasteiger partial charge in [-0.15, -0.1) is 11.3 Å². The molecule has 8 N–H and O–H groups in total. The zero-order chi connectivity index (χ0) is 62.0. The average molecular weight is 1240 g/mol. The highest BCUT2D eigenvalue weighted by molar-refractivity contribution is 7.52. The maximum Gasteiger partial charge on any atom is 0.409 e. The maximum atomic E-state index is 14.7. The number of rotatable bonds is 16. The van der Waals surface area contributed by atoms with Crippen molar-refractivity contribution in [2.45, 2.75) is 151 Å². The fourth-order valence-electron chi connectivity index (χ4n) is 12.4. The molecule has 5 aliphatic heterocycles. The number of benzene rings is 2. The molecule has 6 aliphatic rings. The average Bonchev–Trinajstić information content (AvgIpc) is 4.04. The van der Waals surface area contributed by atoms with Crippen LogP contribution in [-0.2, 0) is 55.1 Å². The van der Waals surface area contributed by atoms with Gasteiger partial charge in [0, 0.05) is 85.7 Å². The molecule has 6 atom stereocenters. The van der Waals surface area contributed by atoms with Crippen molar-refractivity contribution in [1.29, 1.82) is 0 Å². The summed E-state index contributed by atoms with van der Waals surface area (Å²) in [5, 5.41) is 10.3.